The summed E-state index contributed by atoms with van der Waals surface area (Å²) in [4.78, 5) is 23.0. The van der Waals surface area contributed by atoms with E-state index in [0.717, 1.165) is 11.1 Å². The van der Waals surface area contributed by atoms with Crippen LogP contribution >= 0.6 is 0 Å². The highest BCUT2D eigenvalue weighted by Crippen LogP contribution is 2.34. The standard InChI is InChI=1S/C83H144O34/c1-47(2)81(84)88-45-43-86-49(5)90-51(7)92-53(9)94-55(11)96-57(13)98-59(15)100-61(17)102-63(19)104-65(21)106-67(23)108-69(25)110-71(27)112-73(29)114-75(31)116-79-39-35-77(36-40-79)83(33,34)78-37-41-80(42-38-78)117-76(32)115-74(30)113-72(28)111-70(26)109-68(24)107-66(22)105-64(20)103-62(18)101-60(16)99-58(14)97-56(12)95-54(10)93-52(8)91-50(6)87-44-46-89-82(85)48(3)4/h35-42,49-76H,1,3,43-46H2,2,4-34H3. The minimum absolute atomic E-state index is 0.0636. The second kappa shape index (κ2) is 57.7. The lowest BCUT2D eigenvalue weighted by Gasteiger charge is -2.29. The Balaban J connectivity index is 1.67. The molecule has 117 heavy (non-hydrogen) atoms. The van der Waals surface area contributed by atoms with Gasteiger partial charge in [0.05, 0.1) is 13.2 Å². The number of carbonyl (C=O) groups is 2. The highest BCUT2D eigenvalue weighted by molar-refractivity contribution is 5.87. The van der Waals surface area contributed by atoms with Gasteiger partial charge >= 0.3 is 11.9 Å². The van der Waals surface area contributed by atoms with E-state index in [4.69, 9.17) is 152 Å². The third kappa shape index (κ3) is 51.1. The van der Waals surface area contributed by atoms with Crippen molar-refractivity contribution in [1.29, 1.82) is 0 Å². The molecule has 680 valence electrons. The summed E-state index contributed by atoms with van der Waals surface area (Å²) < 4.78 is 186. The number of carbonyl (C=O) groups excluding carboxylic acids is 2. The third-order valence-corrected chi connectivity index (χ3v) is 15.8. The molecule has 2 aromatic carbocycles. The van der Waals surface area contributed by atoms with Crippen molar-refractivity contribution in [1.82, 2.24) is 0 Å². The first kappa shape index (κ1) is 108. The van der Waals surface area contributed by atoms with Gasteiger partial charge in [0, 0.05) is 16.6 Å². The Morgan fingerprint density at radius 2 is 0.368 bits per heavy atom. The third-order valence-electron chi connectivity index (χ3n) is 15.8. The summed E-state index contributed by atoms with van der Waals surface area (Å²) in [7, 11) is 0. The van der Waals surface area contributed by atoms with Crippen LogP contribution in [0.5, 0.6) is 11.5 Å². The Labute approximate surface area is 695 Å². The lowest BCUT2D eigenvalue weighted by molar-refractivity contribution is -0.359. The molecule has 2 aromatic rings. The van der Waals surface area contributed by atoms with E-state index in [1.54, 1.807) is 208 Å². The summed E-state index contributed by atoms with van der Waals surface area (Å²) in [5.41, 5.74) is 2.36. The van der Waals surface area contributed by atoms with Crippen LogP contribution in [0.3, 0.4) is 0 Å². The highest BCUT2D eigenvalue weighted by atomic mass is 16.9. The van der Waals surface area contributed by atoms with Crippen LogP contribution in [0.2, 0.25) is 0 Å². The Kier molecular flexibility index (Phi) is 53.4. The Hall–Kier alpha value is -4.66. The monoisotopic (exact) mass is 1680 g/mol. The molecule has 0 fully saturated rings. The maximum absolute atomic E-state index is 11.5. The Morgan fingerprint density at radius 3 is 0.513 bits per heavy atom. The topological polar surface area (TPSA) is 330 Å². The van der Waals surface area contributed by atoms with Gasteiger partial charge in [0.15, 0.2) is 176 Å². The van der Waals surface area contributed by atoms with E-state index in [2.05, 4.69) is 27.0 Å². The minimum atomic E-state index is -0.740. The molecule has 0 aliphatic rings. The van der Waals surface area contributed by atoms with E-state index in [-0.39, 0.29) is 31.8 Å². The fourth-order valence-electron chi connectivity index (χ4n) is 11.3. The van der Waals surface area contributed by atoms with Crippen LogP contribution in [0, 0.1) is 0 Å². The van der Waals surface area contributed by atoms with Crippen molar-refractivity contribution in [2.75, 3.05) is 26.4 Å². The van der Waals surface area contributed by atoms with Crippen LogP contribution < -0.4 is 9.47 Å². The smallest absolute Gasteiger partial charge is 0.333 e. The first-order chi connectivity index (χ1) is 54.6. The molecule has 0 spiro atoms. The SMILES string of the molecule is C=C(C)C(=O)OCCOC(C)OC(C)OC(C)OC(C)OC(C)OC(C)OC(C)OC(C)OC(C)OC(C)OC(C)OC(C)OC(C)OC(C)Oc1ccc(C(C)(C)c2ccc(OC(C)OC(C)OC(C)OC(C)OC(C)OC(C)OC(C)OC(C)OC(C)OC(C)OC(C)OC(C)OC(C)OC(C)OCCOC(=O)C(=C)C)cc2)cc1. The molecule has 34 nitrogen and oxygen atoms in total. The Morgan fingerprint density at radius 1 is 0.231 bits per heavy atom. The quantitative estimate of drug-likeness (QED) is 0.0257. The normalized spacial score (nSPS) is 19.6. The predicted molar refractivity (Wildman–Crippen MR) is 423 cm³/mol. The van der Waals surface area contributed by atoms with Gasteiger partial charge in [0.25, 0.3) is 0 Å². The molecular weight excluding hydrogens is 1540 g/mol. The molecule has 0 aliphatic carbocycles. The maximum atomic E-state index is 11.5. The minimum Gasteiger partial charge on any atom is -0.465 e. The average Bonchev–Trinajstić information content (AvgIpc) is 0.800. The van der Waals surface area contributed by atoms with E-state index < -0.39 is 188 Å². The van der Waals surface area contributed by atoms with Crippen LogP contribution in [0.15, 0.2) is 72.8 Å². The van der Waals surface area contributed by atoms with Crippen LogP contribution in [0.1, 0.15) is 233 Å². The maximum Gasteiger partial charge on any atom is 0.333 e. The zero-order valence-electron chi connectivity index (χ0n) is 75.4. The zero-order chi connectivity index (χ0) is 88.4. The van der Waals surface area contributed by atoms with E-state index in [9.17, 15) is 9.59 Å². The van der Waals surface area contributed by atoms with Crippen molar-refractivity contribution in [3.8, 4) is 11.5 Å². The zero-order valence-corrected chi connectivity index (χ0v) is 75.4. The summed E-state index contributed by atoms with van der Waals surface area (Å²) in [6, 6.07) is 15.7. The van der Waals surface area contributed by atoms with Crippen molar-refractivity contribution in [3.63, 3.8) is 0 Å². The van der Waals surface area contributed by atoms with Crippen LogP contribution in [-0.4, -0.2) is 214 Å². The predicted octanol–water partition coefficient (Wildman–Crippen LogP) is 15.2. The van der Waals surface area contributed by atoms with Crippen LogP contribution in [0.25, 0.3) is 0 Å². The summed E-state index contributed by atoms with van der Waals surface area (Å²) in [5.74, 6) is 0.250. The van der Waals surface area contributed by atoms with Gasteiger partial charge in [-0.2, -0.15) is 0 Å². The van der Waals surface area contributed by atoms with Gasteiger partial charge in [-0.1, -0.05) is 51.3 Å². The number of esters is 2. The largest absolute Gasteiger partial charge is 0.465 e. The number of hydrogen-bond donors (Lipinski definition) is 0. The van der Waals surface area contributed by atoms with E-state index in [0.29, 0.717) is 22.6 Å². The molecule has 0 amide bonds. The Bertz CT molecular complexity index is 2760. The van der Waals surface area contributed by atoms with Gasteiger partial charge < -0.3 is 152 Å². The number of hydrogen-bond acceptors (Lipinski definition) is 34. The van der Waals surface area contributed by atoms with Crippen molar-refractivity contribution in [3.05, 3.63) is 84.0 Å². The molecule has 0 aromatic heterocycles. The second-order valence-electron chi connectivity index (χ2n) is 27.9. The summed E-state index contributed by atoms with van der Waals surface area (Å²) in [5, 5.41) is 0. The molecule has 0 heterocycles. The number of ether oxygens (including phenoxy) is 32. The van der Waals surface area contributed by atoms with E-state index in [1.165, 1.54) is 0 Å². The fraction of sp³-hybridized carbons (Fsp3) is 0.783. The first-order valence-electron chi connectivity index (χ1n) is 40.1. The summed E-state index contributed by atoms with van der Waals surface area (Å²) in [6.07, 6.45) is -20.0. The molecule has 34 heteroatoms. The van der Waals surface area contributed by atoms with E-state index >= 15 is 0 Å². The lowest BCUT2D eigenvalue weighted by atomic mass is 9.78. The average molecular weight is 1690 g/mol. The molecule has 28 unspecified atom stereocenters. The second-order valence-corrected chi connectivity index (χ2v) is 27.9. The van der Waals surface area contributed by atoms with Gasteiger partial charge in [0.2, 0.25) is 0 Å². The van der Waals surface area contributed by atoms with Crippen LogP contribution in [0.4, 0.5) is 0 Å². The molecule has 0 radical (unpaired) electrons. The molecule has 28 atom stereocenters. The van der Waals surface area contributed by atoms with Gasteiger partial charge in [-0.25, -0.2) is 9.59 Å². The molecule has 0 bridgehead atoms. The molecule has 2 rings (SSSR count). The van der Waals surface area contributed by atoms with Gasteiger partial charge in [0.1, 0.15) is 24.7 Å². The fourth-order valence-corrected chi connectivity index (χ4v) is 11.3. The van der Waals surface area contributed by atoms with Crippen molar-refractivity contribution in [2.24, 2.45) is 0 Å². The molecule has 0 N–H and O–H groups in total. The summed E-state index contributed by atoms with van der Waals surface area (Å²) in [6.45, 7) is 63.0. The molecule has 0 aliphatic heterocycles. The first-order valence-corrected chi connectivity index (χ1v) is 40.1. The van der Waals surface area contributed by atoms with Gasteiger partial charge in [-0.3, -0.25) is 0 Å². The summed E-state index contributed by atoms with van der Waals surface area (Å²) >= 11 is 0. The van der Waals surface area contributed by atoms with Gasteiger partial charge in [-0.05, 0) is 243 Å². The van der Waals surface area contributed by atoms with Crippen molar-refractivity contribution >= 4 is 11.9 Å². The molecule has 0 saturated heterocycles. The molecular formula is C83H144O34. The number of rotatable bonds is 68. The van der Waals surface area contributed by atoms with Gasteiger partial charge in [-0.15, -0.1) is 0 Å². The van der Waals surface area contributed by atoms with Crippen LogP contribution in [-0.2, 0) is 157 Å². The van der Waals surface area contributed by atoms with Crippen molar-refractivity contribution in [2.45, 2.75) is 403 Å². The lowest BCUT2D eigenvalue weighted by Crippen LogP contribution is -2.35. The molecule has 0 saturated carbocycles. The highest BCUT2D eigenvalue weighted by Gasteiger charge is 2.29. The van der Waals surface area contributed by atoms with E-state index in [1.807, 2.05) is 48.5 Å². The number of benzene rings is 2. The van der Waals surface area contributed by atoms with Crippen molar-refractivity contribution < 1.29 is 161 Å².